The molecule has 0 aromatic heterocycles. The average molecular weight is 348 g/mol. The molecule has 5 nitrogen and oxygen atoms in total. The van der Waals surface area contributed by atoms with Gasteiger partial charge in [0.1, 0.15) is 0 Å². The molecule has 0 heterocycles. The molecule has 1 fully saturated rings. The summed E-state index contributed by atoms with van der Waals surface area (Å²) in [4.78, 5) is 35.6. The van der Waals surface area contributed by atoms with E-state index in [9.17, 15) is 14.4 Å². The molecular formula is C21H20N2O3. The molecule has 2 aromatic rings. The van der Waals surface area contributed by atoms with E-state index in [1.165, 1.54) is 13.0 Å². The lowest BCUT2D eigenvalue weighted by Crippen LogP contribution is -2.25. The highest BCUT2D eigenvalue weighted by Gasteiger charge is 2.23. The maximum Gasteiger partial charge on any atom is 0.251 e. The van der Waals surface area contributed by atoms with Crippen LogP contribution in [0.2, 0.25) is 0 Å². The molecule has 0 atom stereocenters. The first-order valence-electron chi connectivity index (χ1n) is 8.53. The number of rotatable bonds is 6. The lowest BCUT2D eigenvalue weighted by atomic mass is 10.1. The van der Waals surface area contributed by atoms with Crippen LogP contribution in [-0.4, -0.2) is 23.6 Å². The lowest BCUT2D eigenvalue weighted by molar-refractivity contribution is -0.111. The molecule has 2 N–H and O–H groups in total. The van der Waals surface area contributed by atoms with E-state index < -0.39 is 0 Å². The van der Waals surface area contributed by atoms with Gasteiger partial charge in [0.15, 0.2) is 5.78 Å². The molecule has 1 aliphatic carbocycles. The van der Waals surface area contributed by atoms with Gasteiger partial charge in [-0.2, -0.15) is 0 Å². The maximum absolute atomic E-state index is 12.1. The van der Waals surface area contributed by atoms with Crippen molar-refractivity contribution in [3.8, 4) is 0 Å². The molecule has 0 saturated heterocycles. The molecule has 2 aromatic carbocycles. The van der Waals surface area contributed by atoms with Gasteiger partial charge in [0.25, 0.3) is 5.91 Å². The Kier molecular flexibility index (Phi) is 5.27. The van der Waals surface area contributed by atoms with Crippen LogP contribution in [0.4, 0.5) is 5.69 Å². The maximum atomic E-state index is 12.1. The van der Waals surface area contributed by atoms with Crippen LogP contribution in [0.1, 0.15) is 46.0 Å². The normalized spacial score (nSPS) is 13.4. The minimum atomic E-state index is -0.325. The van der Waals surface area contributed by atoms with E-state index in [2.05, 4.69) is 10.6 Å². The van der Waals surface area contributed by atoms with Crippen LogP contribution >= 0.6 is 0 Å². The van der Waals surface area contributed by atoms with Crippen molar-refractivity contribution in [3.05, 3.63) is 71.3 Å². The highest BCUT2D eigenvalue weighted by Crippen LogP contribution is 2.19. The van der Waals surface area contributed by atoms with E-state index in [-0.39, 0.29) is 17.6 Å². The quantitative estimate of drug-likeness (QED) is 0.620. The van der Waals surface area contributed by atoms with E-state index in [1.807, 2.05) is 0 Å². The molecule has 0 spiro atoms. The molecule has 2 amide bonds. The van der Waals surface area contributed by atoms with Crippen molar-refractivity contribution < 1.29 is 14.4 Å². The zero-order valence-electron chi connectivity index (χ0n) is 14.5. The molecule has 0 aliphatic heterocycles. The number of benzene rings is 2. The summed E-state index contributed by atoms with van der Waals surface area (Å²) >= 11 is 0. The van der Waals surface area contributed by atoms with Crippen molar-refractivity contribution in [2.45, 2.75) is 25.8 Å². The molecule has 0 bridgehead atoms. The predicted molar refractivity (Wildman–Crippen MR) is 101 cm³/mol. The molecule has 0 radical (unpaired) electrons. The molecule has 26 heavy (non-hydrogen) atoms. The van der Waals surface area contributed by atoms with Crippen LogP contribution in [-0.2, 0) is 4.79 Å². The summed E-state index contributed by atoms with van der Waals surface area (Å²) in [6.07, 6.45) is 5.16. The standard InChI is InChI=1S/C21H20N2O3/c1-14(24)18-4-2-3-5-19(18)23-20(25)13-8-15-6-9-16(10-7-15)21(26)22-17-11-12-17/h2-10,13,17H,11-12H2,1H3,(H,22,26)(H,23,25)/b13-8+. The fourth-order valence-electron chi connectivity index (χ4n) is 2.49. The molecule has 5 heteroatoms. The Bertz CT molecular complexity index is 865. The van der Waals surface area contributed by atoms with Gasteiger partial charge in [-0.1, -0.05) is 24.3 Å². The highest BCUT2D eigenvalue weighted by atomic mass is 16.2. The molecule has 1 aliphatic rings. The number of para-hydroxylation sites is 1. The minimum absolute atomic E-state index is 0.0680. The fourth-order valence-corrected chi connectivity index (χ4v) is 2.49. The molecule has 132 valence electrons. The molecule has 0 unspecified atom stereocenters. The number of amides is 2. The summed E-state index contributed by atoms with van der Waals surface area (Å²) in [7, 11) is 0. The first-order chi connectivity index (χ1) is 12.5. The van der Waals surface area contributed by atoms with Crippen LogP contribution in [0.3, 0.4) is 0 Å². The van der Waals surface area contributed by atoms with Crippen LogP contribution in [0.15, 0.2) is 54.6 Å². The van der Waals surface area contributed by atoms with E-state index in [1.54, 1.807) is 54.6 Å². The lowest BCUT2D eigenvalue weighted by Gasteiger charge is -2.06. The van der Waals surface area contributed by atoms with E-state index in [4.69, 9.17) is 0 Å². The first-order valence-corrected chi connectivity index (χ1v) is 8.53. The fraction of sp³-hybridized carbons (Fsp3) is 0.190. The Balaban J connectivity index is 1.61. The van der Waals surface area contributed by atoms with Crippen molar-refractivity contribution >= 4 is 29.4 Å². The Hall–Kier alpha value is -3.21. The molecule has 3 rings (SSSR count). The summed E-state index contributed by atoms with van der Waals surface area (Å²) in [5, 5.41) is 5.64. The van der Waals surface area contributed by atoms with Crippen molar-refractivity contribution in [3.63, 3.8) is 0 Å². The van der Waals surface area contributed by atoms with E-state index in [0.717, 1.165) is 18.4 Å². The number of ketones is 1. The summed E-state index contributed by atoms with van der Waals surface area (Å²) in [6, 6.07) is 14.2. The summed E-state index contributed by atoms with van der Waals surface area (Å²) in [5.74, 6) is -0.499. The number of anilines is 1. The van der Waals surface area contributed by atoms with Crippen LogP contribution in [0.5, 0.6) is 0 Å². The third-order valence-corrected chi connectivity index (χ3v) is 4.08. The third kappa shape index (κ3) is 4.66. The second kappa shape index (κ2) is 7.78. The SMILES string of the molecule is CC(=O)c1ccccc1NC(=O)/C=C/c1ccc(C(=O)NC2CC2)cc1. The zero-order valence-corrected chi connectivity index (χ0v) is 14.5. The van der Waals surface area contributed by atoms with Gasteiger partial charge in [0.2, 0.25) is 5.91 Å². The second-order valence-corrected chi connectivity index (χ2v) is 6.29. The van der Waals surface area contributed by atoms with Gasteiger partial charge in [0.05, 0.1) is 5.69 Å². The summed E-state index contributed by atoms with van der Waals surface area (Å²) in [6.45, 7) is 1.46. The predicted octanol–water partition coefficient (Wildman–Crippen LogP) is 3.43. The largest absolute Gasteiger partial charge is 0.349 e. The van der Waals surface area contributed by atoms with Crippen molar-refractivity contribution in [1.82, 2.24) is 5.32 Å². The van der Waals surface area contributed by atoms with Crippen LogP contribution < -0.4 is 10.6 Å². The number of Topliss-reactive ketones (excluding diaryl/α,β-unsaturated/α-hetero) is 1. The van der Waals surface area contributed by atoms with Gasteiger partial charge in [-0.25, -0.2) is 0 Å². The van der Waals surface area contributed by atoms with Gasteiger partial charge in [0, 0.05) is 23.2 Å². The Labute approximate surface area is 152 Å². The first kappa shape index (κ1) is 17.6. The summed E-state index contributed by atoms with van der Waals surface area (Å²) in [5.41, 5.74) is 2.37. The third-order valence-electron chi connectivity index (χ3n) is 4.08. The second-order valence-electron chi connectivity index (χ2n) is 6.29. The van der Waals surface area contributed by atoms with E-state index in [0.29, 0.717) is 22.9 Å². The molecular weight excluding hydrogens is 328 g/mol. The highest BCUT2D eigenvalue weighted by molar-refractivity contribution is 6.07. The smallest absolute Gasteiger partial charge is 0.251 e. The Morgan fingerprint density at radius 2 is 1.69 bits per heavy atom. The number of nitrogens with one attached hydrogen (secondary N) is 2. The van der Waals surface area contributed by atoms with Gasteiger partial charge in [-0.15, -0.1) is 0 Å². The Morgan fingerprint density at radius 1 is 1.00 bits per heavy atom. The number of carbonyl (C=O) groups excluding carboxylic acids is 3. The monoisotopic (exact) mass is 348 g/mol. The number of hydrogen-bond acceptors (Lipinski definition) is 3. The minimum Gasteiger partial charge on any atom is -0.349 e. The van der Waals surface area contributed by atoms with Crippen molar-refractivity contribution in [2.24, 2.45) is 0 Å². The van der Waals surface area contributed by atoms with Crippen molar-refractivity contribution in [1.29, 1.82) is 0 Å². The molecule has 1 saturated carbocycles. The van der Waals surface area contributed by atoms with Crippen LogP contribution in [0, 0.1) is 0 Å². The zero-order chi connectivity index (χ0) is 18.5. The summed E-state index contributed by atoms with van der Waals surface area (Å²) < 4.78 is 0. The van der Waals surface area contributed by atoms with Gasteiger partial charge in [-0.3, -0.25) is 14.4 Å². The van der Waals surface area contributed by atoms with Gasteiger partial charge >= 0.3 is 0 Å². The van der Waals surface area contributed by atoms with E-state index >= 15 is 0 Å². The van der Waals surface area contributed by atoms with Crippen molar-refractivity contribution in [2.75, 3.05) is 5.32 Å². The number of hydrogen-bond donors (Lipinski definition) is 2. The van der Waals surface area contributed by atoms with Gasteiger partial charge in [-0.05, 0) is 55.7 Å². The van der Waals surface area contributed by atoms with Crippen LogP contribution in [0.25, 0.3) is 6.08 Å². The number of carbonyl (C=O) groups is 3. The Morgan fingerprint density at radius 3 is 2.35 bits per heavy atom. The topological polar surface area (TPSA) is 75.3 Å². The average Bonchev–Trinajstić information content (AvgIpc) is 3.44. The van der Waals surface area contributed by atoms with Gasteiger partial charge < -0.3 is 10.6 Å².